The van der Waals surface area contributed by atoms with Crippen molar-refractivity contribution in [2.75, 3.05) is 0 Å². The number of halogens is 1. The maximum absolute atomic E-state index is 11.7. The number of hydrogen-bond acceptors (Lipinski definition) is 4. The second kappa shape index (κ2) is 8.26. The fourth-order valence-corrected chi connectivity index (χ4v) is 2.19. The third kappa shape index (κ3) is 5.20. The third-order valence-corrected chi connectivity index (χ3v) is 3.63. The van der Waals surface area contributed by atoms with Crippen molar-refractivity contribution in [3.05, 3.63) is 63.6 Å². The number of rotatable bonds is 4. The molecule has 0 atom stereocenters. The van der Waals surface area contributed by atoms with Gasteiger partial charge in [0.15, 0.2) is 0 Å². The number of nitrogens with zero attached hydrogens (tertiary/aromatic N) is 1. The molecule has 2 aromatic rings. The number of hydrogen-bond donors (Lipinski definition) is 3. The number of phenols is 1. The Balaban J connectivity index is 1.85. The molecular formula is C17H16BrN3O3. The number of phenolic OH excluding ortho intramolecular Hbond substituents is 1. The maximum atomic E-state index is 11.7. The number of carbonyl (C=O) groups excluding carboxylic acids is 2. The average molecular weight is 390 g/mol. The Morgan fingerprint density at radius 3 is 2.58 bits per heavy atom. The molecule has 0 saturated carbocycles. The van der Waals surface area contributed by atoms with Crippen LogP contribution in [0.25, 0.3) is 0 Å². The molecule has 0 fully saturated rings. The maximum Gasteiger partial charge on any atom is 0.329 e. The van der Waals surface area contributed by atoms with E-state index in [0.717, 1.165) is 15.6 Å². The monoisotopic (exact) mass is 389 g/mol. The second-order valence-corrected chi connectivity index (χ2v) is 5.99. The summed E-state index contributed by atoms with van der Waals surface area (Å²) < 4.78 is 0.754. The first-order valence-electron chi connectivity index (χ1n) is 7.11. The Labute approximate surface area is 147 Å². The van der Waals surface area contributed by atoms with Gasteiger partial charge in [-0.25, -0.2) is 5.43 Å². The molecular weight excluding hydrogens is 374 g/mol. The number of aryl methyl sites for hydroxylation is 1. The molecule has 0 heterocycles. The van der Waals surface area contributed by atoms with E-state index in [1.165, 1.54) is 12.3 Å². The zero-order valence-electron chi connectivity index (χ0n) is 12.9. The molecule has 24 heavy (non-hydrogen) atoms. The zero-order chi connectivity index (χ0) is 17.5. The zero-order valence-corrected chi connectivity index (χ0v) is 14.5. The molecule has 2 amide bonds. The normalized spacial score (nSPS) is 10.6. The molecule has 7 heteroatoms. The lowest BCUT2D eigenvalue weighted by Crippen LogP contribution is -2.37. The molecule has 0 aromatic heterocycles. The third-order valence-electron chi connectivity index (χ3n) is 3.14. The molecule has 0 bridgehead atoms. The summed E-state index contributed by atoms with van der Waals surface area (Å²) in [7, 11) is 0. The highest BCUT2D eigenvalue weighted by Gasteiger charge is 2.11. The second-order valence-electron chi connectivity index (χ2n) is 5.07. The Kier molecular flexibility index (Phi) is 6.08. The van der Waals surface area contributed by atoms with Gasteiger partial charge in [-0.2, -0.15) is 5.10 Å². The van der Waals surface area contributed by atoms with Crippen LogP contribution in [0.3, 0.4) is 0 Å². The van der Waals surface area contributed by atoms with Gasteiger partial charge in [-0.05, 0) is 30.7 Å². The molecule has 6 nitrogen and oxygen atoms in total. The van der Waals surface area contributed by atoms with Gasteiger partial charge >= 0.3 is 11.8 Å². The van der Waals surface area contributed by atoms with Crippen molar-refractivity contribution in [3.63, 3.8) is 0 Å². The summed E-state index contributed by atoms with van der Waals surface area (Å²) >= 11 is 3.26. The van der Waals surface area contributed by atoms with Crippen LogP contribution in [0.5, 0.6) is 5.75 Å². The van der Waals surface area contributed by atoms with E-state index < -0.39 is 11.8 Å². The van der Waals surface area contributed by atoms with Crippen molar-refractivity contribution in [2.24, 2.45) is 5.10 Å². The summed E-state index contributed by atoms with van der Waals surface area (Å²) in [5.74, 6) is -1.65. The van der Waals surface area contributed by atoms with Gasteiger partial charge in [0.05, 0.1) is 6.21 Å². The quantitative estimate of drug-likeness (QED) is 0.425. The van der Waals surface area contributed by atoms with Crippen molar-refractivity contribution in [1.82, 2.24) is 10.7 Å². The van der Waals surface area contributed by atoms with Crippen LogP contribution < -0.4 is 10.7 Å². The number of aromatic hydroxyl groups is 1. The van der Waals surface area contributed by atoms with Crippen LogP contribution in [0.1, 0.15) is 16.7 Å². The highest BCUT2D eigenvalue weighted by Crippen LogP contribution is 2.19. The van der Waals surface area contributed by atoms with Crippen LogP contribution in [0, 0.1) is 6.92 Å². The first-order chi connectivity index (χ1) is 11.5. The summed E-state index contributed by atoms with van der Waals surface area (Å²) in [5.41, 5.74) is 4.53. The number of nitrogens with one attached hydrogen (secondary N) is 2. The highest BCUT2D eigenvalue weighted by atomic mass is 79.9. The van der Waals surface area contributed by atoms with E-state index in [1.54, 1.807) is 12.1 Å². The Bertz CT molecular complexity index is 773. The van der Waals surface area contributed by atoms with Crippen LogP contribution >= 0.6 is 15.9 Å². The van der Waals surface area contributed by atoms with E-state index in [-0.39, 0.29) is 12.3 Å². The molecule has 0 unspecified atom stereocenters. The fraction of sp³-hybridized carbons (Fsp3) is 0.118. The van der Waals surface area contributed by atoms with Crippen LogP contribution in [-0.4, -0.2) is 23.1 Å². The van der Waals surface area contributed by atoms with Gasteiger partial charge in [0.25, 0.3) is 0 Å². The van der Waals surface area contributed by atoms with Crippen molar-refractivity contribution in [3.8, 4) is 5.75 Å². The van der Waals surface area contributed by atoms with E-state index in [4.69, 9.17) is 0 Å². The largest absolute Gasteiger partial charge is 0.507 e. The van der Waals surface area contributed by atoms with E-state index in [9.17, 15) is 14.7 Å². The summed E-state index contributed by atoms with van der Waals surface area (Å²) in [6, 6.07) is 12.4. The SMILES string of the molecule is Cc1ccc(CNC(=O)C(=O)N/N=C/c2cc(Br)ccc2O)cc1. The molecule has 0 saturated heterocycles. The molecule has 2 rings (SSSR count). The smallest absolute Gasteiger partial charge is 0.329 e. The highest BCUT2D eigenvalue weighted by molar-refractivity contribution is 9.10. The standard InChI is InChI=1S/C17H16BrN3O3/c1-11-2-4-12(5-3-11)9-19-16(23)17(24)21-20-10-13-8-14(18)6-7-15(13)22/h2-8,10,22H,9H2,1H3,(H,19,23)(H,21,24)/b20-10+. The molecule has 0 radical (unpaired) electrons. The summed E-state index contributed by atoms with van der Waals surface area (Å²) in [6.07, 6.45) is 1.26. The lowest BCUT2D eigenvalue weighted by molar-refractivity contribution is -0.139. The minimum Gasteiger partial charge on any atom is -0.507 e. The van der Waals surface area contributed by atoms with Crippen molar-refractivity contribution >= 4 is 34.0 Å². The van der Waals surface area contributed by atoms with Gasteiger partial charge in [0, 0.05) is 16.6 Å². The minimum atomic E-state index is -0.882. The van der Waals surface area contributed by atoms with Gasteiger partial charge in [-0.1, -0.05) is 45.8 Å². The van der Waals surface area contributed by atoms with Gasteiger partial charge in [0.1, 0.15) is 5.75 Å². The molecule has 2 aromatic carbocycles. The van der Waals surface area contributed by atoms with Gasteiger partial charge in [-0.3, -0.25) is 9.59 Å². The predicted molar refractivity (Wildman–Crippen MR) is 94.6 cm³/mol. The van der Waals surface area contributed by atoms with E-state index in [0.29, 0.717) is 5.56 Å². The Hall–Kier alpha value is -2.67. The van der Waals surface area contributed by atoms with Crippen molar-refractivity contribution < 1.29 is 14.7 Å². The topological polar surface area (TPSA) is 90.8 Å². The molecule has 3 N–H and O–H groups in total. The fourth-order valence-electron chi connectivity index (χ4n) is 1.81. The van der Waals surface area contributed by atoms with Crippen molar-refractivity contribution in [2.45, 2.75) is 13.5 Å². The van der Waals surface area contributed by atoms with Gasteiger partial charge in [0.2, 0.25) is 0 Å². The van der Waals surface area contributed by atoms with Crippen LogP contribution in [-0.2, 0) is 16.1 Å². The van der Waals surface area contributed by atoms with Crippen LogP contribution in [0.15, 0.2) is 52.0 Å². The molecule has 124 valence electrons. The number of hydrazone groups is 1. The molecule has 0 aliphatic heterocycles. The molecule has 0 aliphatic carbocycles. The molecule has 0 aliphatic rings. The number of carbonyl (C=O) groups is 2. The first kappa shape index (κ1) is 17.7. The lowest BCUT2D eigenvalue weighted by atomic mass is 10.1. The van der Waals surface area contributed by atoms with E-state index in [1.807, 2.05) is 31.2 Å². The Morgan fingerprint density at radius 2 is 1.88 bits per heavy atom. The number of amides is 2. The summed E-state index contributed by atoms with van der Waals surface area (Å²) in [5, 5.41) is 15.8. The van der Waals surface area contributed by atoms with E-state index in [2.05, 4.69) is 31.8 Å². The van der Waals surface area contributed by atoms with Crippen molar-refractivity contribution in [1.29, 1.82) is 0 Å². The van der Waals surface area contributed by atoms with Gasteiger partial charge < -0.3 is 10.4 Å². The van der Waals surface area contributed by atoms with Crippen LogP contribution in [0.4, 0.5) is 0 Å². The minimum absolute atomic E-state index is 0.0139. The summed E-state index contributed by atoms with van der Waals surface area (Å²) in [6.45, 7) is 2.22. The average Bonchev–Trinajstić information content (AvgIpc) is 2.57. The van der Waals surface area contributed by atoms with Crippen LogP contribution in [0.2, 0.25) is 0 Å². The predicted octanol–water partition coefficient (Wildman–Crippen LogP) is 2.23. The summed E-state index contributed by atoms with van der Waals surface area (Å²) in [4.78, 5) is 23.3. The van der Waals surface area contributed by atoms with E-state index >= 15 is 0 Å². The number of benzene rings is 2. The lowest BCUT2D eigenvalue weighted by Gasteiger charge is -2.04. The first-order valence-corrected chi connectivity index (χ1v) is 7.90. The van der Waals surface area contributed by atoms with Gasteiger partial charge in [-0.15, -0.1) is 0 Å². The molecule has 0 spiro atoms. The Morgan fingerprint density at radius 1 is 1.17 bits per heavy atom.